The monoisotopic (exact) mass is 535 g/mol. The first kappa shape index (κ1) is 28.9. The lowest BCUT2D eigenvalue weighted by Gasteiger charge is -2.38. The fourth-order valence-electron chi connectivity index (χ4n) is 5.37. The van der Waals surface area contributed by atoms with Gasteiger partial charge in [0.1, 0.15) is 0 Å². The van der Waals surface area contributed by atoms with Gasteiger partial charge in [-0.3, -0.25) is 9.59 Å². The summed E-state index contributed by atoms with van der Waals surface area (Å²) >= 11 is 6.25. The molecule has 0 aromatic heterocycles. The van der Waals surface area contributed by atoms with E-state index in [0.717, 1.165) is 44.1 Å². The summed E-state index contributed by atoms with van der Waals surface area (Å²) in [6.07, 6.45) is 7.03. The van der Waals surface area contributed by atoms with Crippen molar-refractivity contribution in [1.82, 2.24) is 15.5 Å². The lowest BCUT2D eigenvalue weighted by atomic mass is 9.84. The van der Waals surface area contributed by atoms with Gasteiger partial charge in [-0.05, 0) is 42.9 Å². The maximum absolute atomic E-state index is 13.2. The molecule has 9 nitrogen and oxygen atoms in total. The maximum Gasteiger partial charge on any atom is 0.406 e. The van der Waals surface area contributed by atoms with Crippen LogP contribution < -0.4 is 10.6 Å². The van der Waals surface area contributed by atoms with Crippen molar-refractivity contribution in [2.24, 2.45) is 11.8 Å². The molecule has 1 heterocycles. The standard InChI is InChI=1S/C27H38ClN3O6/c1-36-27(35)29-12-14-37-25(20-9-5-11-22(28)16-20)21-10-6-13-31(17-21)26(34)30-23(24(33)18-32)15-19-7-3-2-4-8-19/h5,9,11,16,18-19,21,23,25H,2-4,6-8,10,12-15,17H2,1H3,(H,29,35)(H,30,34)/t21-,23+,25+/m1/s1. The van der Waals surface area contributed by atoms with Crippen molar-refractivity contribution in [3.63, 3.8) is 0 Å². The molecule has 2 fully saturated rings. The molecule has 10 heteroatoms. The minimum atomic E-state index is -0.794. The molecule has 0 radical (unpaired) electrons. The number of alkyl carbamates (subject to hydrolysis) is 1. The van der Waals surface area contributed by atoms with Gasteiger partial charge in [-0.2, -0.15) is 0 Å². The number of methoxy groups -OCH3 is 1. The Morgan fingerprint density at radius 2 is 1.95 bits per heavy atom. The molecule has 0 bridgehead atoms. The molecule has 1 saturated heterocycles. The van der Waals surface area contributed by atoms with Gasteiger partial charge in [0, 0.05) is 30.6 Å². The van der Waals surface area contributed by atoms with Crippen molar-refractivity contribution in [1.29, 1.82) is 0 Å². The fourth-order valence-corrected chi connectivity index (χ4v) is 5.56. The minimum Gasteiger partial charge on any atom is -0.453 e. The van der Waals surface area contributed by atoms with Crippen molar-refractivity contribution in [2.75, 3.05) is 33.4 Å². The maximum atomic E-state index is 13.2. The zero-order valence-electron chi connectivity index (χ0n) is 21.5. The number of hydrogen-bond donors (Lipinski definition) is 2. The van der Waals surface area contributed by atoms with Crippen LogP contribution in [0, 0.1) is 11.8 Å². The average Bonchev–Trinajstić information content (AvgIpc) is 2.92. The summed E-state index contributed by atoms with van der Waals surface area (Å²) < 4.78 is 10.8. The highest BCUT2D eigenvalue weighted by Gasteiger charge is 2.33. The number of nitrogens with one attached hydrogen (secondary N) is 2. The van der Waals surface area contributed by atoms with E-state index in [1.165, 1.54) is 13.5 Å². The highest BCUT2D eigenvalue weighted by Crippen LogP contribution is 2.34. The normalized spacial score (nSPS) is 19.9. The molecule has 1 aromatic rings. The number of carbonyl (C=O) groups excluding carboxylic acids is 4. The lowest BCUT2D eigenvalue weighted by Crippen LogP contribution is -2.52. The predicted octanol–water partition coefficient (Wildman–Crippen LogP) is 4.28. The number of aldehydes is 1. The van der Waals surface area contributed by atoms with Gasteiger partial charge in [0.25, 0.3) is 0 Å². The number of carbonyl (C=O) groups is 4. The molecule has 37 heavy (non-hydrogen) atoms. The first-order chi connectivity index (χ1) is 17.9. The highest BCUT2D eigenvalue weighted by molar-refractivity contribution is 6.30. The molecule has 1 aromatic carbocycles. The van der Waals surface area contributed by atoms with Crippen molar-refractivity contribution in [2.45, 2.75) is 63.5 Å². The van der Waals surface area contributed by atoms with Crippen molar-refractivity contribution in [3.8, 4) is 0 Å². The number of piperidine rings is 1. The van der Waals surface area contributed by atoms with E-state index >= 15 is 0 Å². The van der Waals surface area contributed by atoms with Crippen LogP contribution in [0.1, 0.15) is 63.0 Å². The largest absolute Gasteiger partial charge is 0.453 e. The zero-order valence-corrected chi connectivity index (χ0v) is 22.2. The van der Waals surface area contributed by atoms with E-state index in [1.807, 2.05) is 18.2 Å². The van der Waals surface area contributed by atoms with Crippen molar-refractivity contribution in [3.05, 3.63) is 34.9 Å². The van der Waals surface area contributed by atoms with E-state index in [-0.39, 0.29) is 31.2 Å². The Hall–Kier alpha value is -2.65. The van der Waals surface area contributed by atoms with Gasteiger partial charge in [0.15, 0.2) is 6.29 Å². The minimum absolute atomic E-state index is 0.0188. The van der Waals surface area contributed by atoms with E-state index in [4.69, 9.17) is 16.3 Å². The predicted molar refractivity (Wildman–Crippen MR) is 139 cm³/mol. The number of likely N-dealkylation sites (tertiary alicyclic amines) is 1. The molecular formula is C27H38ClN3O6. The Balaban J connectivity index is 1.66. The molecule has 3 atom stereocenters. The van der Waals surface area contributed by atoms with Crippen molar-refractivity contribution < 1.29 is 28.7 Å². The Labute approximate surface area is 223 Å². The van der Waals surface area contributed by atoms with Gasteiger partial charge in [0.2, 0.25) is 5.78 Å². The number of benzene rings is 1. The van der Waals surface area contributed by atoms with Crippen molar-refractivity contribution >= 4 is 35.8 Å². The molecule has 3 amide bonds. The van der Waals surface area contributed by atoms with E-state index < -0.39 is 17.9 Å². The summed E-state index contributed by atoms with van der Waals surface area (Å²) in [5.74, 6) is -0.253. The van der Waals surface area contributed by atoms with E-state index in [0.29, 0.717) is 36.7 Å². The SMILES string of the molecule is COC(=O)NCCO[C@@H](c1cccc(Cl)c1)[C@@H]1CCCN(C(=O)N[C@@H](CC2CCCCC2)C(=O)C=O)C1. The summed E-state index contributed by atoms with van der Waals surface area (Å²) in [6.45, 7) is 1.52. The van der Waals surface area contributed by atoms with Gasteiger partial charge in [-0.15, -0.1) is 0 Å². The molecule has 1 aliphatic heterocycles. The second-order valence-electron chi connectivity index (χ2n) is 9.88. The number of ketones is 1. The number of nitrogens with zero attached hydrogens (tertiary/aromatic N) is 1. The van der Waals surface area contributed by atoms with Gasteiger partial charge >= 0.3 is 12.1 Å². The lowest BCUT2D eigenvalue weighted by molar-refractivity contribution is -0.131. The van der Waals surface area contributed by atoms with Gasteiger partial charge in [-0.1, -0.05) is 55.8 Å². The number of urea groups is 1. The smallest absolute Gasteiger partial charge is 0.406 e. The summed E-state index contributed by atoms with van der Waals surface area (Å²) in [6, 6.07) is 6.30. The highest BCUT2D eigenvalue weighted by atomic mass is 35.5. The molecule has 0 spiro atoms. The van der Waals surface area contributed by atoms with E-state index in [1.54, 1.807) is 11.0 Å². The van der Waals surface area contributed by atoms with Crippen LogP contribution in [0.25, 0.3) is 0 Å². The third kappa shape index (κ3) is 9.00. The van der Waals surface area contributed by atoms with Crippen LogP contribution in [0.4, 0.5) is 9.59 Å². The van der Waals surface area contributed by atoms with E-state index in [2.05, 4.69) is 15.4 Å². The fraction of sp³-hybridized carbons (Fsp3) is 0.630. The van der Waals surface area contributed by atoms with Gasteiger partial charge in [-0.25, -0.2) is 9.59 Å². The van der Waals surface area contributed by atoms with Gasteiger partial charge in [0.05, 0.1) is 25.9 Å². The first-order valence-corrected chi connectivity index (χ1v) is 13.5. The van der Waals surface area contributed by atoms with Crippen LogP contribution >= 0.6 is 11.6 Å². The van der Waals surface area contributed by atoms with E-state index in [9.17, 15) is 19.2 Å². The number of ether oxygens (including phenoxy) is 2. The number of Topliss-reactive ketones (excluding diaryl/α,β-unsaturated/α-hetero) is 1. The summed E-state index contributed by atoms with van der Waals surface area (Å²) in [5, 5.41) is 6.04. The molecule has 1 saturated carbocycles. The number of amides is 3. The quantitative estimate of drug-likeness (QED) is 0.248. The molecule has 2 N–H and O–H groups in total. The molecule has 204 valence electrons. The molecule has 3 rings (SSSR count). The summed E-state index contributed by atoms with van der Waals surface area (Å²) in [4.78, 5) is 49.9. The summed E-state index contributed by atoms with van der Waals surface area (Å²) in [7, 11) is 1.30. The van der Waals surface area contributed by atoms with Crippen LogP contribution in [0.3, 0.4) is 0 Å². The van der Waals surface area contributed by atoms with Crippen LogP contribution in [-0.2, 0) is 19.1 Å². The van der Waals surface area contributed by atoms with Crippen LogP contribution in [-0.4, -0.2) is 68.5 Å². The van der Waals surface area contributed by atoms with Gasteiger partial charge < -0.3 is 25.0 Å². The second kappa shape index (κ2) is 14.9. The Morgan fingerprint density at radius 3 is 2.65 bits per heavy atom. The number of hydrogen-bond acceptors (Lipinski definition) is 6. The molecule has 0 unspecified atom stereocenters. The Morgan fingerprint density at radius 1 is 1.16 bits per heavy atom. The average molecular weight is 536 g/mol. The molecule has 1 aliphatic carbocycles. The second-order valence-corrected chi connectivity index (χ2v) is 10.3. The Kier molecular flexibility index (Phi) is 11.7. The third-order valence-corrected chi connectivity index (χ3v) is 7.49. The first-order valence-electron chi connectivity index (χ1n) is 13.1. The molecule has 2 aliphatic rings. The number of rotatable bonds is 11. The summed E-state index contributed by atoms with van der Waals surface area (Å²) in [5.41, 5.74) is 0.893. The molecular weight excluding hydrogens is 498 g/mol. The zero-order chi connectivity index (χ0) is 26.6. The van der Waals surface area contributed by atoms with Crippen LogP contribution in [0.15, 0.2) is 24.3 Å². The Bertz CT molecular complexity index is 923. The number of halogens is 1. The van der Waals surface area contributed by atoms with Crippen LogP contribution in [0.5, 0.6) is 0 Å². The third-order valence-electron chi connectivity index (χ3n) is 7.26. The topological polar surface area (TPSA) is 114 Å². The van der Waals surface area contributed by atoms with Crippen LogP contribution in [0.2, 0.25) is 5.02 Å².